The van der Waals surface area contributed by atoms with Crippen LogP contribution in [0.4, 0.5) is 0 Å². The van der Waals surface area contributed by atoms with Crippen LogP contribution in [-0.4, -0.2) is 59.9 Å². The number of amides is 2. The Morgan fingerprint density at radius 1 is 1.11 bits per heavy atom. The molecule has 1 saturated heterocycles. The normalized spacial score (nSPS) is 14.5. The first-order chi connectivity index (χ1) is 13.0. The van der Waals surface area contributed by atoms with Gasteiger partial charge in [0.2, 0.25) is 5.91 Å². The highest BCUT2D eigenvalue weighted by atomic mass is 16.5. The Morgan fingerprint density at radius 2 is 1.81 bits per heavy atom. The van der Waals surface area contributed by atoms with Gasteiger partial charge in [0.05, 0.1) is 13.5 Å². The molecule has 0 spiro atoms. The fourth-order valence-electron chi connectivity index (χ4n) is 3.42. The van der Waals surface area contributed by atoms with Crippen molar-refractivity contribution in [1.29, 1.82) is 0 Å². The SMILES string of the molecule is COc1ccc(CC(=O)N2CCN(C(=O)c3ccc[nH]3)CC2)cc1C(C)C. The number of benzene rings is 1. The highest BCUT2D eigenvalue weighted by molar-refractivity contribution is 5.92. The number of piperazine rings is 1. The number of nitrogens with one attached hydrogen (secondary N) is 1. The number of aromatic nitrogens is 1. The minimum absolute atomic E-state index is 0.0103. The smallest absolute Gasteiger partial charge is 0.270 e. The van der Waals surface area contributed by atoms with Crippen molar-refractivity contribution < 1.29 is 14.3 Å². The molecule has 0 aliphatic carbocycles. The van der Waals surface area contributed by atoms with Crippen molar-refractivity contribution in [1.82, 2.24) is 14.8 Å². The first kappa shape index (κ1) is 19.0. The third-order valence-electron chi connectivity index (χ3n) is 5.02. The number of aromatic amines is 1. The summed E-state index contributed by atoms with van der Waals surface area (Å²) in [7, 11) is 1.67. The Bertz CT molecular complexity index is 791. The van der Waals surface area contributed by atoms with E-state index in [1.807, 2.05) is 23.1 Å². The zero-order valence-electron chi connectivity index (χ0n) is 16.2. The lowest BCUT2D eigenvalue weighted by Crippen LogP contribution is -2.51. The molecule has 1 aromatic carbocycles. The number of nitrogens with zero attached hydrogens (tertiary/aromatic N) is 2. The molecule has 1 aliphatic heterocycles. The Hall–Kier alpha value is -2.76. The molecule has 1 fully saturated rings. The molecule has 2 aromatic rings. The molecule has 2 heterocycles. The van der Waals surface area contributed by atoms with Gasteiger partial charge in [-0.25, -0.2) is 0 Å². The maximum Gasteiger partial charge on any atom is 0.270 e. The lowest BCUT2D eigenvalue weighted by Gasteiger charge is -2.34. The van der Waals surface area contributed by atoms with Crippen LogP contribution in [0.5, 0.6) is 5.75 Å². The van der Waals surface area contributed by atoms with Crippen molar-refractivity contribution in [2.24, 2.45) is 0 Å². The van der Waals surface area contributed by atoms with Gasteiger partial charge in [-0.15, -0.1) is 0 Å². The Morgan fingerprint density at radius 3 is 2.41 bits per heavy atom. The average molecular weight is 369 g/mol. The first-order valence-corrected chi connectivity index (χ1v) is 9.37. The molecule has 6 heteroatoms. The van der Waals surface area contributed by atoms with Crippen molar-refractivity contribution in [2.45, 2.75) is 26.2 Å². The maximum absolute atomic E-state index is 12.7. The molecule has 0 bridgehead atoms. The largest absolute Gasteiger partial charge is 0.496 e. The molecule has 1 N–H and O–H groups in total. The topological polar surface area (TPSA) is 65.6 Å². The van der Waals surface area contributed by atoms with Gasteiger partial charge in [0.15, 0.2) is 0 Å². The second-order valence-electron chi connectivity index (χ2n) is 7.16. The minimum Gasteiger partial charge on any atom is -0.496 e. The van der Waals surface area contributed by atoms with Crippen molar-refractivity contribution in [2.75, 3.05) is 33.3 Å². The third kappa shape index (κ3) is 4.32. The van der Waals surface area contributed by atoms with E-state index in [9.17, 15) is 9.59 Å². The Balaban J connectivity index is 1.58. The van der Waals surface area contributed by atoms with Gasteiger partial charge in [-0.1, -0.05) is 26.0 Å². The summed E-state index contributed by atoms with van der Waals surface area (Å²) in [5.74, 6) is 1.28. The molecule has 2 amide bonds. The van der Waals surface area contributed by atoms with Crippen LogP contribution in [0.25, 0.3) is 0 Å². The number of ether oxygens (including phenoxy) is 1. The number of hydrogen-bond donors (Lipinski definition) is 1. The highest BCUT2D eigenvalue weighted by Crippen LogP contribution is 2.27. The second-order valence-corrected chi connectivity index (χ2v) is 7.16. The number of methoxy groups -OCH3 is 1. The molecule has 144 valence electrons. The first-order valence-electron chi connectivity index (χ1n) is 9.37. The van der Waals surface area contributed by atoms with Gasteiger partial charge in [-0.05, 0) is 35.2 Å². The average Bonchev–Trinajstić information content (AvgIpc) is 3.22. The van der Waals surface area contributed by atoms with E-state index >= 15 is 0 Å². The van der Waals surface area contributed by atoms with E-state index in [0.29, 0.717) is 44.2 Å². The van der Waals surface area contributed by atoms with Gasteiger partial charge in [-0.2, -0.15) is 0 Å². The van der Waals surface area contributed by atoms with Gasteiger partial charge >= 0.3 is 0 Å². The molecule has 0 unspecified atom stereocenters. The summed E-state index contributed by atoms with van der Waals surface area (Å²) in [5.41, 5.74) is 2.70. The molecule has 27 heavy (non-hydrogen) atoms. The van der Waals surface area contributed by atoms with Gasteiger partial charge in [0.1, 0.15) is 11.4 Å². The lowest BCUT2D eigenvalue weighted by molar-refractivity contribution is -0.131. The van der Waals surface area contributed by atoms with Crippen LogP contribution in [0, 0.1) is 0 Å². The molecular weight excluding hydrogens is 342 g/mol. The Labute approximate surface area is 160 Å². The molecule has 3 rings (SSSR count). The van der Waals surface area contributed by atoms with Gasteiger partial charge < -0.3 is 19.5 Å². The molecular formula is C21H27N3O3. The molecule has 0 saturated carbocycles. The van der Waals surface area contributed by atoms with Crippen LogP contribution in [0.15, 0.2) is 36.5 Å². The summed E-state index contributed by atoms with van der Waals surface area (Å²) in [5, 5.41) is 0. The van der Waals surface area contributed by atoms with Crippen LogP contribution in [0.2, 0.25) is 0 Å². The fraction of sp³-hybridized carbons (Fsp3) is 0.429. The van der Waals surface area contributed by atoms with Crippen molar-refractivity contribution in [3.8, 4) is 5.75 Å². The van der Waals surface area contributed by atoms with E-state index in [4.69, 9.17) is 4.74 Å². The predicted octanol–water partition coefficient (Wildman–Crippen LogP) is 2.67. The zero-order valence-corrected chi connectivity index (χ0v) is 16.2. The van der Waals surface area contributed by atoms with E-state index in [1.54, 1.807) is 24.3 Å². The monoisotopic (exact) mass is 369 g/mol. The third-order valence-corrected chi connectivity index (χ3v) is 5.02. The van der Waals surface area contributed by atoms with Gasteiger partial charge in [0, 0.05) is 32.4 Å². The summed E-state index contributed by atoms with van der Waals surface area (Å²) < 4.78 is 5.41. The van der Waals surface area contributed by atoms with E-state index < -0.39 is 0 Å². The van der Waals surface area contributed by atoms with Crippen molar-refractivity contribution in [3.05, 3.63) is 53.3 Å². The number of rotatable bonds is 5. The van der Waals surface area contributed by atoms with Crippen molar-refractivity contribution >= 4 is 11.8 Å². The number of H-pyrrole nitrogens is 1. The predicted molar refractivity (Wildman–Crippen MR) is 104 cm³/mol. The molecule has 1 aromatic heterocycles. The van der Waals surface area contributed by atoms with E-state index in [0.717, 1.165) is 16.9 Å². The lowest BCUT2D eigenvalue weighted by atomic mass is 9.98. The number of carbonyl (C=O) groups is 2. The number of carbonyl (C=O) groups excluding carboxylic acids is 2. The fourth-order valence-corrected chi connectivity index (χ4v) is 3.42. The molecule has 0 atom stereocenters. The standard InChI is InChI=1S/C21H27N3O3/c1-15(2)17-13-16(6-7-19(17)27-3)14-20(25)23-9-11-24(12-10-23)21(26)18-5-4-8-22-18/h4-8,13,15,22H,9-12,14H2,1-3H3. The van der Waals surface area contributed by atoms with Crippen LogP contribution >= 0.6 is 0 Å². The summed E-state index contributed by atoms with van der Waals surface area (Å²) in [6.45, 7) is 6.48. The summed E-state index contributed by atoms with van der Waals surface area (Å²) in [4.78, 5) is 31.6. The molecule has 6 nitrogen and oxygen atoms in total. The maximum atomic E-state index is 12.7. The van der Waals surface area contributed by atoms with Crippen LogP contribution in [0.1, 0.15) is 41.4 Å². The Kier molecular flexibility index (Phi) is 5.84. The zero-order chi connectivity index (χ0) is 19.4. The van der Waals surface area contributed by atoms with Gasteiger partial charge in [0.25, 0.3) is 5.91 Å². The van der Waals surface area contributed by atoms with Gasteiger partial charge in [-0.3, -0.25) is 9.59 Å². The van der Waals surface area contributed by atoms with E-state index in [-0.39, 0.29) is 11.8 Å². The molecule has 1 aliphatic rings. The van der Waals surface area contributed by atoms with E-state index in [2.05, 4.69) is 24.9 Å². The molecule has 0 radical (unpaired) electrons. The van der Waals surface area contributed by atoms with Crippen LogP contribution in [-0.2, 0) is 11.2 Å². The van der Waals surface area contributed by atoms with E-state index in [1.165, 1.54) is 0 Å². The summed E-state index contributed by atoms with van der Waals surface area (Å²) in [6, 6.07) is 9.54. The number of hydrogen-bond acceptors (Lipinski definition) is 3. The summed E-state index contributed by atoms with van der Waals surface area (Å²) >= 11 is 0. The van der Waals surface area contributed by atoms with Crippen LogP contribution in [0.3, 0.4) is 0 Å². The van der Waals surface area contributed by atoms with Crippen LogP contribution < -0.4 is 4.74 Å². The second kappa shape index (κ2) is 8.29. The quantitative estimate of drug-likeness (QED) is 0.881. The highest BCUT2D eigenvalue weighted by Gasteiger charge is 2.25. The minimum atomic E-state index is -0.0103. The van der Waals surface area contributed by atoms with Crippen molar-refractivity contribution in [3.63, 3.8) is 0 Å². The summed E-state index contributed by atoms with van der Waals surface area (Å²) in [6.07, 6.45) is 2.11.